The molecule has 9 nitrogen and oxygen atoms in total. The van der Waals surface area contributed by atoms with Crippen molar-refractivity contribution in [2.24, 2.45) is 5.92 Å². The molecular weight excluding hydrogens is 526 g/mol. The number of hydrogen-bond acceptors (Lipinski definition) is 7. The van der Waals surface area contributed by atoms with Gasteiger partial charge in [-0.15, -0.1) is 0 Å². The van der Waals surface area contributed by atoms with Gasteiger partial charge < -0.3 is 24.1 Å². The zero-order valence-corrected chi connectivity index (χ0v) is 23.8. The van der Waals surface area contributed by atoms with E-state index < -0.39 is 10.0 Å². The van der Waals surface area contributed by atoms with E-state index in [0.29, 0.717) is 41.6 Å². The van der Waals surface area contributed by atoms with Gasteiger partial charge in [-0.3, -0.25) is 0 Å². The summed E-state index contributed by atoms with van der Waals surface area (Å²) in [5, 5.41) is 4.22. The Morgan fingerprint density at radius 1 is 1.03 bits per heavy atom. The number of hydrogen-bond donors (Lipinski definition) is 1. The van der Waals surface area contributed by atoms with Crippen molar-refractivity contribution in [2.45, 2.75) is 31.7 Å². The largest absolute Gasteiger partial charge is 0.496 e. The summed E-state index contributed by atoms with van der Waals surface area (Å²) in [7, 11) is 0.126. The Hall–Kier alpha value is -2.53. The zero-order valence-electron chi connectivity index (χ0n) is 22.2. The number of nitrogens with zero attached hydrogens (tertiary/aromatic N) is 4. The Labute approximate surface area is 229 Å². The van der Waals surface area contributed by atoms with E-state index in [4.69, 9.17) is 26.1 Å². The summed E-state index contributed by atoms with van der Waals surface area (Å²) in [6, 6.07) is 8.20. The normalized spacial score (nSPS) is 21.5. The molecule has 2 aliphatic rings. The van der Waals surface area contributed by atoms with Crippen molar-refractivity contribution in [3.8, 4) is 22.8 Å². The fourth-order valence-electron chi connectivity index (χ4n) is 5.60. The quantitative estimate of drug-likeness (QED) is 0.440. The Kier molecular flexibility index (Phi) is 8.04. The summed E-state index contributed by atoms with van der Waals surface area (Å²) in [4.78, 5) is 7.26. The van der Waals surface area contributed by atoms with Crippen LogP contribution < -0.4 is 14.8 Å². The number of nitrogens with one attached hydrogen (secondary N) is 1. The molecule has 11 heteroatoms. The molecule has 1 saturated carbocycles. The van der Waals surface area contributed by atoms with E-state index in [9.17, 15) is 8.42 Å². The highest BCUT2D eigenvalue weighted by Crippen LogP contribution is 2.38. The van der Waals surface area contributed by atoms with Crippen LogP contribution >= 0.6 is 11.6 Å². The lowest BCUT2D eigenvalue weighted by Crippen LogP contribution is -2.49. The number of fused-ring (bicyclic) bond motifs is 1. The molecule has 2 aromatic heterocycles. The van der Waals surface area contributed by atoms with Crippen LogP contribution in [0.25, 0.3) is 16.9 Å². The molecule has 0 amide bonds. The molecule has 38 heavy (non-hydrogen) atoms. The first-order valence-corrected chi connectivity index (χ1v) is 15.3. The predicted molar refractivity (Wildman–Crippen MR) is 151 cm³/mol. The van der Waals surface area contributed by atoms with Gasteiger partial charge in [0.1, 0.15) is 17.1 Å². The van der Waals surface area contributed by atoms with E-state index in [0.717, 1.165) is 55.1 Å². The van der Waals surface area contributed by atoms with Crippen LogP contribution in [0.4, 0.5) is 5.69 Å². The summed E-state index contributed by atoms with van der Waals surface area (Å²) >= 11 is 6.38. The van der Waals surface area contributed by atoms with Crippen molar-refractivity contribution >= 4 is 33.0 Å². The number of sulfonamides is 1. The number of methoxy groups -OCH3 is 2. The van der Waals surface area contributed by atoms with Crippen molar-refractivity contribution in [3.05, 3.63) is 41.7 Å². The van der Waals surface area contributed by atoms with Gasteiger partial charge in [0.25, 0.3) is 0 Å². The molecule has 0 atom stereocenters. The maximum atomic E-state index is 11.7. The number of pyridine rings is 1. The van der Waals surface area contributed by atoms with Crippen LogP contribution in [0.5, 0.6) is 11.5 Å². The zero-order chi connectivity index (χ0) is 26.9. The van der Waals surface area contributed by atoms with Crippen LogP contribution in [0.3, 0.4) is 0 Å². The number of piperazine rings is 1. The molecule has 1 aliphatic heterocycles. The number of anilines is 1. The Balaban J connectivity index is 1.18. The minimum absolute atomic E-state index is 0.436. The predicted octanol–water partition coefficient (Wildman–Crippen LogP) is 4.22. The first-order valence-electron chi connectivity index (χ1n) is 13.1. The third-order valence-corrected chi connectivity index (χ3v) is 9.34. The summed E-state index contributed by atoms with van der Waals surface area (Å²) in [6.45, 7) is 3.92. The van der Waals surface area contributed by atoms with E-state index in [1.165, 1.54) is 19.1 Å². The molecule has 0 bridgehead atoms. The van der Waals surface area contributed by atoms with Gasteiger partial charge >= 0.3 is 0 Å². The van der Waals surface area contributed by atoms with E-state index in [1.54, 1.807) is 24.6 Å². The molecule has 2 fully saturated rings. The molecular formula is C27H36ClN5O4S. The third-order valence-electron chi connectivity index (χ3n) is 7.74. The molecule has 5 rings (SSSR count). The van der Waals surface area contributed by atoms with Gasteiger partial charge in [-0.05, 0) is 43.7 Å². The first-order chi connectivity index (χ1) is 18.2. The van der Waals surface area contributed by atoms with Gasteiger partial charge in [0.05, 0.1) is 31.2 Å². The summed E-state index contributed by atoms with van der Waals surface area (Å²) in [6.07, 6.45) is 9.90. The molecule has 0 unspecified atom stereocenters. The SMILES string of the molecule is COc1cc(OC)c(-c2cn3ccc(NC4CCC(CN5CCN(S(C)(=O)=O)CC5)CC4)cc3n2)cc1Cl. The van der Waals surface area contributed by atoms with Crippen LogP contribution in [0.15, 0.2) is 36.7 Å². The second-order valence-corrected chi connectivity index (χ2v) is 12.7. The lowest BCUT2D eigenvalue weighted by Gasteiger charge is -2.37. The molecule has 0 radical (unpaired) electrons. The van der Waals surface area contributed by atoms with Crippen LogP contribution in [0, 0.1) is 5.92 Å². The summed E-state index contributed by atoms with van der Waals surface area (Å²) in [5.74, 6) is 1.88. The molecule has 1 saturated heterocycles. The Morgan fingerprint density at radius 3 is 2.39 bits per heavy atom. The maximum absolute atomic E-state index is 11.7. The standard InChI is InChI=1S/C27H36ClN5O4S/c1-36-25-16-26(37-2)23(28)15-22(25)24-18-32-9-8-21(14-27(32)30-24)29-20-6-4-19(5-7-20)17-31-10-12-33(13-11-31)38(3,34)35/h8-9,14-16,18-20,29H,4-7,10-13,17H2,1-3H3. The van der Waals surface area contributed by atoms with Gasteiger partial charge in [0.15, 0.2) is 0 Å². The maximum Gasteiger partial charge on any atom is 0.211 e. The number of rotatable bonds is 8. The average Bonchev–Trinajstić information content (AvgIpc) is 3.33. The minimum Gasteiger partial charge on any atom is -0.496 e. The van der Waals surface area contributed by atoms with Gasteiger partial charge in [0, 0.05) is 74.5 Å². The van der Waals surface area contributed by atoms with E-state index in [-0.39, 0.29) is 0 Å². The second kappa shape index (κ2) is 11.3. The molecule has 1 N–H and O–H groups in total. The van der Waals surface area contributed by atoms with Crippen LogP contribution in [-0.4, -0.2) is 86.2 Å². The Bertz CT molecular complexity index is 1380. The van der Waals surface area contributed by atoms with E-state index in [2.05, 4.69) is 22.3 Å². The lowest BCUT2D eigenvalue weighted by molar-refractivity contribution is 0.148. The highest BCUT2D eigenvalue weighted by Gasteiger charge is 2.27. The topological polar surface area (TPSA) is 88.4 Å². The highest BCUT2D eigenvalue weighted by molar-refractivity contribution is 7.88. The number of benzene rings is 1. The van der Waals surface area contributed by atoms with Crippen LogP contribution in [0.2, 0.25) is 5.02 Å². The van der Waals surface area contributed by atoms with Gasteiger partial charge in [-0.25, -0.2) is 13.4 Å². The highest BCUT2D eigenvalue weighted by atomic mass is 35.5. The molecule has 3 heterocycles. The van der Waals surface area contributed by atoms with Crippen molar-refractivity contribution in [2.75, 3.05) is 58.5 Å². The molecule has 206 valence electrons. The molecule has 3 aromatic rings. The Morgan fingerprint density at radius 2 is 1.74 bits per heavy atom. The van der Waals surface area contributed by atoms with Gasteiger partial charge in [-0.1, -0.05) is 11.6 Å². The third kappa shape index (κ3) is 6.03. The summed E-state index contributed by atoms with van der Waals surface area (Å²) < 4.78 is 38.0. The smallest absolute Gasteiger partial charge is 0.211 e. The number of ether oxygens (including phenoxy) is 2. The molecule has 1 aromatic carbocycles. The van der Waals surface area contributed by atoms with Crippen molar-refractivity contribution in [1.82, 2.24) is 18.6 Å². The van der Waals surface area contributed by atoms with Crippen molar-refractivity contribution in [3.63, 3.8) is 0 Å². The lowest BCUT2D eigenvalue weighted by atomic mass is 9.85. The van der Waals surface area contributed by atoms with Crippen LogP contribution in [0.1, 0.15) is 25.7 Å². The van der Waals surface area contributed by atoms with Crippen molar-refractivity contribution in [1.29, 1.82) is 0 Å². The average molecular weight is 562 g/mol. The number of aromatic nitrogens is 2. The van der Waals surface area contributed by atoms with E-state index >= 15 is 0 Å². The second-order valence-electron chi connectivity index (χ2n) is 10.3. The van der Waals surface area contributed by atoms with Crippen LogP contribution in [-0.2, 0) is 10.0 Å². The number of imidazole rings is 1. The minimum atomic E-state index is -3.08. The van der Waals surface area contributed by atoms with E-state index in [1.807, 2.05) is 22.9 Å². The van der Waals surface area contributed by atoms with Gasteiger partial charge in [-0.2, -0.15) is 4.31 Å². The molecule has 0 spiro atoms. The van der Waals surface area contributed by atoms with Crippen molar-refractivity contribution < 1.29 is 17.9 Å². The van der Waals surface area contributed by atoms with Gasteiger partial charge in [0.2, 0.25) is 10.0 Å². The fraction of sp³-hybridized carbons (Fsp3) is 0.519. The first kappa shape index (κ1) is 27.1. The summed E-state index contributed by atoms with van der Waals surface area (Å²) in [5.41, 5.74) is 3.50. The fourth-order valence-corrected chi connectivity index (χ4v) is 6.66. The monoisotopic (exact) mass is 561 g/mol. The number of halogens is 1. The molecule has 1 aliphatic carbocycles.